The van der Waals surface area contributed by atoms with Gasteiger partial charge in [0.05, 0.1) is 35.8 Å². The number of hydrogen-bond donors (Lipinski definition) is 0. The Morgan fingerprint density at radius 3 is 3.00 bits per heavy atom. The quantitative estimate of drug-likeness (QED) is 0.596. The first-order valence-corrected chi connectivity index (χ1v) is 10.4. The van der Waals surface area contributed by atoms with Crippen LogP contribution in [0, 0.1) is 6.92 Å². The second kappa shape index (κ2) is 9.21. The maximum atomic E-state index is 12.7. The molecule has 30 heavy (non-hydrogen) atoms. The number of morpholine rings is 1. The van der Waals surface area contributed by atoms with Crippen molar-refractivity contribution in [2.45, 2.75) is 45.8 Å². The monoisotopic (exact) mass is 409 g/mol. The molecule has 0 bridgehead atoms. The van der Waals surface area contributed by atoms with Gasteiger partial charge in [-0.2, -0.15) is 5.10 Å². The van der Waals surface area contributed by atoms with Crippen LogP contribution in [0.25, 0.3) is 11.3 Å². The Morgan fingerprint density at radius 2 is 2.20 bits per heavy atom. The summed E-state index contributed by atoms with van der Waals surface area (Å²) in [5.41, 5.74) is 3.43. The minimum absolute atomic E-state index is 0.148. The second-order valence-corrected chi connectivity index (χ2v) is 7.44. The van der Waals surface area contributed by atoms with Crippen LogP contribution in [0.3, 0.4) is 0 Å². The Balaban J connectivity index is 1.42. The van der Waals surface area contributed by atoms with E-state index in [4.69, 9.17) is 14.2 Å². The van der Waals surface area contributed by atoms with Crippen molar-refractivity contribution >= 4 is 5.91 Å². The Hall–Kier alpha value is -3.00. The van der Waals surface area contributed by atoms with Gasteiger partial charge in [0.15, 0.2) is 0 Å². The number of aryl methyl sites for hydroxylation is 3. The van der Waals surface area contributed by atoms with Crippen LogP contribution in [0.1, 0.15) is 43.0 Å². The summed E-state index contributed by atoms with van der Waals surface area (Å²) in [4.78, 5) is 19.4. The number of aromatic nitrogens is 4. The van der Waals surface area contributed by atoms with Crippen LogP contribution in [0.15, 0.2) is 41.2 Å². The molecule has 0 unspecified atom stereocenters. The molecular weight excluding hydrogens is 382 g/mol. The highest BCUT2D eigenvalue weighted by atomic mass is 16.5. The number of amides is 1. The summed E-state index contributed by atoms with van der Waals surface area (Å²) in [7, 11) is 0. The zero-order valence-electron chi connectivity index (χ0n) is 17.5. The summed E-state index contributed by atoms with van der Waals surface area (Å²) >= 11 is 0. The number of pyridine rings is 1. The average molecular weight is 409 g/mol. The molecule has 8 nitrogen and oxygen atoms in total. The third kappa shape index (κ3) is 4.43. The van der Waals surface area contributed by atoms with Crippen LogP contribution in [0.5, 0.6) is 0 Å². The van der Waals surface area contributed by atoms with Gasteiger partial charge in [0, 0.05) is 38.3 Å². The topological polar surface area (TPSA) is 86.3 Å². The first-order chi connectivity index (χ1) is 14.7. The highest BCUT2D eigenvalue weighted by molar-refractivity contribution is 5.76. The van der Waals surface area contributed by atoms with Crippen molar-refractivity contribution in [1.29, 1.82) is 0 Å². The van der Waals surface area contributed by atoms with Crippen LogP contribution in [-0.2, 0) is 22.5 Å². The molecule has 1 aliphatic heterocycles. The number of carbonyl (C=O) groups excluding carboxylic acids is 1. The largest absolute Gasteiger partial charge is 0.368 e. The second-order valence-electron chi connectivity index (χ2n) is 7.44. The van der Waals surface area contributed by atoms with E-state index < -0.39 is 0 Å². The SMILES string of the molecule is CCc1onc(C)c1-c1cccc([C@@H]2CN(C(=O)CCCn3cccn3)CCO2)n1. The number of carbonyl (C=O) groups is 1. The molecule has 0 N–H and O–H groups in total. The molecule has 1 amide bonds. The summed E-state index contributed by atoms with van der Waals surface area (Å²) in [6.45, 7) is 6.34. The summed E-state index contributed by atoms with van der Waals surface area (Å²) in [6.07, 6.45) is 5.44. The summed E-state index contributed by atoms with van der Waals surface area (Å²) in [5, 5.41) is 8.26. The number of ether oxygens (including phenoxy) is 1. The lowest BCUT2D eigenvalue weighted by molar-refractivity contribution is -0.139. The molecule has 158 valence electrons. The molecule has 1 fully saturated rings. The van der Waals surface area contributed by atoms with Gasteiger partial charge in [-0.15, -0.1) is 0 Å². The molecule has 0 saturated carbocycles. The Morgan fingerprint density at radius 1 is 1.30 bits per heavy atom. The zero-order valence-corrected chi connectivity index (χ0v) is 17.5. The average Bonchev–Trinajstić information content (AvgIpc) is 3.43. The van der Waals surface area contributed by atoms with E-state index in [1.807, 2.05) is 53.9 Å². The van der Waals surface area contributed by atoms with Crippen molar-refractivity contribution in [3.8, 4) is 11.3 Å². The standard InChI is InChI=1S/C22H27N5O3/c1-3-19-22(16(2)25-30-19)18-8-4-7-17(24-18)20-15-26(13-14-29-20)21(28)9-5-11-27-12-6-10-23-27/h4,6-8,10,12,20H,3,5,9,11,13-15H2,1-2H3/t20-/m0/s1. The summed E-state index contributed by atoms with van der Waals surface area (Å²) < 4.78 is 13.2. The van der Waals surface area contributed by atoms with Gasteiger partial charge in [0.2, 0.25) is 5.91 Å². The molecule has 3 aromatic rings. The number of hydrogen-bond acceptors (Lipinski definition) is 6. The van der Waals surface area contributed by atoms with Gasteiger partial charge >= 0.3 is 0 Å². The molecule has 0 aliphatic carbocycles. The maximum Gasteiger partial charge on any atom is 0.222 e. The first kappa shape index (κ1) is 20.3. The molecule has 1 atom stereocenters. The van der Waals surface area contributed by atoms with Gasteiger partial charge in [0.25, 0.3) is 0 Å². The maximum absolute atomic E-state index is 12.7. The van der Waals surface area contributed by atoms with Gasteiger partial charge in [0.1, 0.15) is 11.9 Å². The minimum atomic E-state index is -0.237. The van der Waals surface area contributed by atoms with Crippen molar-refractivity contribution in [1.82, 2.24) is 24.8 Å². The van der Waals surface area contributed by atoms with Crippen LogP contribution in [0.2, 0.25) is 0 Å². The van der Waals surface area contributed by atoms with E-state index in [1.54, 1.807) is 6.20 Å². The summed E-state index contributed by atoms with van der Waals surface area (Å²) in [5.74, 6) is 0.977. The van der Waals surface area contributed by atoms with Crippen molar-refractivity contribution in [3.63, 3.8) is 0 Å². The molecule has 0 spiro atoms. The zero-order chi connectivity index (χ0) is 20.9. The molecule has 3 aromatic heterocycles. The molecule has 0 radical (unpaired) electrons. The van der Waals surface area contributed by atoms with Crippen LogP contribution < -0.4 is 0 Å². The lowest BCUT2D eigenvalue weighted by Gasteiger charge is -2.33. The van der Waals surface area contributed by atoms with E-state index in [1.165, 1.54) is 0 Å². The van der Waals surface area contributed by atoms with Gasteiger partial charge in [-0.3, -0.25) is 9.48 Å². The fraction of sp³-hybridized carbons (Fsp3) is 0.455. The Kier molecular flexibility index (Phi) is 6.23. The molecular formula is C22H27N5O3. The number of nitrogens with zero attached hydrogens (tertiary/aromatic N) is 5. The lowest BCUT2D eigenvalue weighted by Crippen LogP contribution is -2.42. The van der Waals surface area contributed by atoms with Crippen molar-refractivity contribution in [2.75, 3.05) is 19.7 Å². The van der Waals surface area contributed by atoms with Gasteiger partial charge in [-0.1, -0.05) is 18.1 Å². The lowest BCUT2D eigenvalue weighted by atomic mass is 10.1. The van der Waals surface area contributed by atoms with E-state index in [9.17, 15) is 4.79 Å². The fourth-order valence-corrected chi connectivity index (χ4v) is 3.79. The molecule has 1 saturated heterocycles. The third-order valence-electron chi connectivity index (χ3n) is 5.37. The molecule has 4 rings (SSSR count). The molecule has 0 aromatic carbocycles. The van der Waals surface area contributed by atoms with Gasteiger partial charge in [-0.05, 0) is 31.5 Å². The number of rotatable bonds is 7. The first-order valence-electron chi connectivity index (χ1n) is 10.4. The normalized spacial score (nSPS) is 16.7. The minimum Gasteiger partial charge on any atom is -0.368 e. The van der Waals surface area contributed by atoms with Crippen molar-refractivity contribution in [2.24, 2.45) is 0 Å². The van der Waals surface area contributed by atoms with E-state index in [-0.39, 0.29) is 12.0 Å². The molecule has 1 aliphatic rings. The van der Waals surface area contributed by atoms with E-state index >= 15 is 0 Å². The van der Waals surface area contributed by atoms with E-state index in [2.05, 4.69) is 10.3 Å². The summed E-state index contributed by atoms with van der Waals surface area (Å²) in [6, 6.07) is 7.77. The smallest absolute Gasteiger partial charge is 0.222 e. The predicted molar refractivity (Wildman–Crippen MR) is 111 cm³/mol. The van der Waals surface area contributed by atoms with E-state index in [0.717, 1.165) is 47.8 Å². The predicted octanol–water partition coefficient (Wildman–Crippen LogP) is 3.18. The Bertz CT molecular complexity index is 983. The highest BCUT2D eigenvalue weighted by Gasteiger charge is 2.26. The fourth-order valence-electron chi connectivity index (χ4n) is 3.79. The van der Waals surface area contributed by atoms with Crippen molar-refractivity contribution in [3.05, 3.63) is 53.8 Å². The van der Waals surface area contributed by atoms with Crippen molar-refractivity contribution < 1.29 is 14.1 Å². The highest BCUT2D eigenvalue weighted by Crippen LogP contribution is 2.29. The van der Waals surface area contributed by atoms with Crippen LogP contribution in [0.4, 0.5) is 0 Å². The van der Waals surface area contributed by atoms with Crippen LogP contribution in [-0.4, -0.2) is 50.4 Å². The third-order valence-corrected chi connectivity index (χ3v) is 5.37. The molecule has 8 heteroatoms. The van der Waals surface area contributed by atoms with Crippen LogP contribution >= 0.6 is 0 Å². The van der Waals surface area contributed by atoms with Gasteiger partial charge in [-0.25, -0.2) is 4.98 Å². The van der Waals surface area contributed by atoms with Gasteiger partial charge < -0.3 is 14.2 Å². The Labute approximate surface area is 175 Å². The molecule has 4 heterocycles. The van der Waals surface area contributed by atoms with E-state index in [0.29, 0.717) is 26.1 Å².